The summed E-state index contributed by atoms with van der Waals surface area (Å²) in [5.41, 5.74) is 2.49. The maximum absolute atomic E-state index is 6.22. The van der Waals surface area contributed by atoms with Gasteiger partial charge < -0.3 is 15.2 Å². The standard InChI is InChI=1S/C12H19Cl2N5/c1-18(2)8-3-5-19(6-4-8)12-10(14)7-9(13)11(16-12)17-15/h7-8H,3-6,15H2,1-2H3,(H,16,17). The summed E-state index contributed by atoms with van der Waals surface area (Å²) < 4.78 is 0. The molecule has 106 valence electrons. The van der Waals surface area contributed by atoms with Gasteiger partial charge in [0.1, 0.15) is 5.82 Å². The van der Waals surface area contributed by atoms with Crippen LogP contribution in [0, 0.1) is 0 Å². The Bertz CT molecular complexity index is 444. The monoisotopic (exact) mass is 303 g/mol. The first-order chi connectivity index (χ1) is 9.02. The lowest BCUT2D eigenvalue weighted by atomic mass is 10.0. The first-order valence-corrected chi connectivity index (χ1v) is 7.02. The van der Waals surface area contributed by atoms with Gasteiger partial charge in [0.25, 0.3) is 0 Å². The van der Waals surface area contributed by atoms with Crippen molar-refractivity contribution in [1.29, 1.82) is 0 Å². The first-order valence-electron chi connectivity index (χ1n) is 6.27. The number of aromatic nitrogens is 1. The van der Waals surface area contributed by atoms with E-state index in [1.807, 2.05) is 0 Å². The molecule has 0 saturated carbocycles. The van der Waals surface area contributed by atoms with Crippen molar-refractivity contribution in [2.24, 2.45) is 5.84 Å². The normalized spacial score (nSPS) is 17.1. The van der Waals surface area contributed by atoms with Gasteiger partial charge >= 0.3 is 0 Å². The molecule has 1 aliphatic rings. The Labute approximate surface area is 123 Å². The second-order valence-corrected chi connectivity index (χ2v) is 5.76. The van der Waals surface area contributed by atoms with E-state index in [4.69, 9.17) is 29.0 Å². The number of anilines is 2. The number of nitrogens with two attached hydrogens (primary N) is 1. The average molecular weight is 304 g/mol. The summed E-state index contributed by atoms with van der Waals surface area (Å²) in [6, 6.07) is 2.30. The lowest BCUT2D eigenvalue weighted by molar-refractivity contribution is 0.249. The minimum atomic E-state index is 0.430. The number of hydrogen-bond acceptors (Lipinski definition) is 5. The molecular formula is C12H19Cl2N5. The van der Waals surface area contributed by atoms with E-state index in [0.29, 0.717) is 21.9 Å². The molecule has 5 nitrogen and oxygen atoms in total. The van der Waals surface area contributed by atoms with Crippen molar-refractivity contribution in [2.75, 3.05) is 37.5 Å². The number of hydrogen-bond donors (Lipinski definition) is 2. The third-order valence-electron chi connectivity index (χ3n) is 3.54. The number of nitrogens with zero attached hydrogens (tertiary/aromatic N) is 3. The van der Waals surface area contributed by atoms with Crippen LogP contribution in [0.2, 0.25) is 10.0 Å². The van der Waals surface area contributed by atoms with Crippen molar-refractivity contribution in [1.82, 2.24) is 9.88 Å². The fraction of sp³-hybridized carbons (Fsp3) is 0.583. The Balaban J connectivity index is 2.15. The Kier molecular flexibility index (Phi) is 4.73. The van der Waals surface area contributed by atoms with Gasteiger partial charge in [-0.3, -0.25) is 0 Å². The molecule has 7 heteroatoms. The fourth-order valence-corrected chi connectivity index (χ4v) is 2.91. The quantitative estimate of drug-likeness (QED) is 0.662. The van der Waals surface area contributed by atoms with Crippen LogP contribution < -0.4 is 16.2 Å². The molecular weight excluding hydrogens is 285 g/mol. The van der Waals surface area contributed by atoms with Gasteiger partial charge in [-0.05, 0) is 33.0 Å². The number of halogens is 2. The Morgan fingerprint density at radius 2 is 1.95 bits per heavy atom. The lowest BCUT2D eigenvalue weighted by Gasteiger charge is -2.36. The minimum absolute atomic E-state index is 0.430. The topological polar surface area (TPSA) is 57.4 Å². The van der Waals surface area contributed by atoms with E-state index in [-0.39, 0.29) is 0 Å². The van der Waals surface area contributed by atoms with E-state index in [1.165, 1.54) is 0 Å². The summed E-state index contributed by atoms with van der Waals surface area (Å²) in [6.45, 7) is 1.86. The van der Waals surface area contributed by atoms with Crippen molar-refractivity contribution in [3.05, 3.63) is 16.1 Å². The third kappa shape index (κ3) is 3.23. The third-order valence-corrected chi connectivity index (χ3v) is 4.11. The molecule has 1 fully saturated rings. The molecule has 1 aromatic rings. The number of rotatable bonds is 3. The minimum Gasteiger partial charge on any atom is -0.355 e. The zero-order chi connectivity index (χ0) is 14.0. The predicted molar refractivity (Wildman–Crippen MR) is 81.0 cm³/mol. The van der Waals surface area contributed by atoms with Gasteiger partial charge in [0, 0.05) is 19.1 Å². The molecule has 3 N–H and O–H groups in total. The van der Waals surface area contributed by atoms with Crippen molar-refractivity contribution < 1.29 is 0 Å². The van der Waals surface area contributed by atoms with Crippen LogP contribution >= 0.6 is 23.2 Å². The van der Waals surface area contributed by atoms with Gasteiger partial charge in [-0.1, -0.05) is 23.2 Å². The zero-order valence-electron chi connectivity index (χ0n) is 11.2. The average Bonchev–Trinajstić information content (AvgIpc) is 2.39. The molecule has 2 heterocycles. The van der Waals surface area contributed by atoms with E-state index in [1.54, 1.807) is 6.07 Å². The van der Waals surface area contributed by atoms with Gasteiger partial charge in [-0.15, -0.1) is 0 Å². The summed E-state index contributed by atoms with van der Waals surface area (Å²) in [4.78, 5) is 8.84. The lowest BCUT2D eigenvalue weighted by Crippen LogP contribution is -2.42. The summed E-state index contributed by atoms with van der Waals surface area (Å²) in [6.07, 6.45) is 2.19. The molecule has 0 bridgehead atoms. The number of nitrogen functional groups attached to an aromatic ring is 1. The number of pyridine rings is 1. The molecule has 2 rings (SSSR count). The second-order valence-electron chi connectivity index (χ2n) is 4.95. The van der Waals surface area contributed by atoms with Crippen LogP contribution in [-0.2, 0) is 0 Å². The molecule has 1 saturated heterocycles. The highest BCUT2D eigenvalue weighted by atomic mass is 35.5. The molecule has 0 atom stereocenters. The number of hydrazine groups is 1. The van der Waals surface area contributed by atoms with E-state index >= 15 is 0 Å². The summed E-state index contributed by atoms with van der Waals surface area (Å²) in [7, 11) is 4.23. The summed E-state index contributed by atoms with van der Waals surface area (Å²) >= 11 is 12.2. The highest BCUT2D eigenvalue weighted by Gasteiger charge is 2.23. The molecule has 1 aliphatic heterocycles. The smallest absolute Gasteiger partial charge is 0.161 e. The first kappa shape index (κ1) is 14.7. The van der Waals surface area contributed by atoms with Crippen molar-refractivity contribution >= 4 is 34.8 Å². The molecule has 1 aromatic heterocycles. The highest BCUT2D eigenvalue weighted by Crippen LogP contribution is 2.32. The molecule has 19 heavy (non-hydrogen) atoms. The molecule has 0 aliphatic carbocycles. The van der Waals surface area contributed by atoms with Crippen LogP contribution in [0.15, 0.2) is 6.07 Å². The molecule has 0 radical (unpaired) electrons. The predicted octanol–water partition coefficient (Wildman–Crippen LogP) is 2.20. The van der Waals surface area contributed by atoms with Crippen LogP contribution in [0.5, 0.6) is 0 Å². The second kappa shape index (κ2) is 6.13. The van der Waals surface area contributed by atoms with E-state index < -0.39 is 0 Å². The SMILES string of the molecule is CN(C)C1CCN(c2nc(NN)c(Cl)cc2Cl)CC1. The summed E-state index contributed by atoms with van der Waals surface area (Å²) in [5, 5.41) is 0.992. The highest BCUT2D eigenvalue weighted by molar-refractivity contribution is 6.37. The molecule has 0 aromatic carbocycles. The Morgan fingerprint density at radius 3 is 2.47 bits per heavy atom. The van der Waals surface area contributed by atoms with Crippen molar-refractivity contribution in [2.45, 2.75) is 18.9 Å². The van der Waals surface area contributed by atoms with Gasteiger partial charge in [0.05, 0.1) is 10.0 Å². The number of piperidine rings is 1. The zero-order valence-corrected chi connectivity index (χ0v) is 12.7. The van der Waals surface area contributed by atoms with Gasteiger partial charge in [0.15, 0.2) is 5.82 Å². The van der Waals surface area contributed by atoms with Crippen LogP contribution in [0.25, 0.3) is 0 Å². The Morgan fingerprint density at radius 1 is 1.32 bits per heavy atom. The van der Waals surface area contributed by atoms with E-state index in [9.17, 15) is 0 Å². The van der Waals surface area contributed by atoms with Gasteiger partial charge in [-0.2, -0.15) is 0 Å². The molecule has 0 spiro atoms. The van der Waals surface area contributed by atoms with Crippen LogP contribution in [0.4, 0.5) is 11.6 Å². The van der Waals surface area contributed by atoms with Crippen molar-refractivity contribution in [3.63, 3.8) is 0 Å². The summed E-state index contributed by atoms with van der Waals surface area (Å²) in [5.74, 6) is 6.60. The maximum Gasteiger partial charge on any atom is 0.161 e. The maximum atomic E-state index is 6.22. The molecule has 0 amide bonds. The van der Waals surface area contributed by atoms with Crippen LogP contribution in [-0.4, -0.2) is 43.1 Å². The van der Waals surface area contributed by atoms with Gasteiger partial charge in [-0.25, -0.2) is 10.8 Å². The van der Waals surface area contributed by atoms with Gasteiger partial charge in [0.2, 0.25) is 0 Å². The van der Waals surface area contributed by atoms with Crippen LogP contribution in [0.3, 0.4) is 0 Å². The fourth-order valence-electron chi connectivity index (χ4n) is 2.37. The number of nitrogens with one attached hydrogen (secondary N) is 1. The van der Waals surface area contributed by atoms with Crippen molar-refractivity contribution in [3.8, 4) is 0 Å². The van der Waals surface area contributed by atoms with E-state index in [0.717, 1.165) is 31.7 Å². The van der Waals surface area contributed by atoms with Crippen LogP contribution in [0.1, 0.15) is 12.8 Å². The largest absolute Gasteiger partial charge is 0.355 e. The molecule has 0 unspecified atom stereocenters. The Hall–Kier alpha value is -0.750. The van der Waals surface area contributed by atoms with E-state index in [2.05, 4.69) is 34.3 Å².